The Kier molecular flexibility index (Phi) is 5.39. The van der Waals surface area contributed by atoms with Gasteiger partial charge in [-0.1, -0.05) is 0 Å². The lowest BCUT2D eigenvalue weighted by molar-refractivity contribution is -0.386. The molecule has 0 aliphatic rings. The lowest BCUT2D eigenvalue weighted by Gasteiger charge is -2.14. The number of aliphatic hydroxyl groups is 2. The van der Waals surface area contributed by atoms with Gasteiger partial charge in [-0.15, -0.1) is 0 Å². The van der Waals surface area contributed by atoms with Crippen LogP contribution in [0.5, 0.6) is 5.75 Å². The van der Waals surface area contributed by atoms with E-state index in [0.717, 1.165) is 18.2 Å². The number of hydrogen-bond acceptors (Lipinski definition) is 7. The molecule has 1 aromatic rings. The minimum atomic E-state index is -4.09. The van der Waals surface area contributed by atoms with Crippen LogP contribution in [0.15, 0.2) is 23.1 Å². The van der Waals surface area contributed by atoms with E-state index >= 15 is 0 Å². The van der Waals surface area contributed by atoms with Crippen molar-refractivity contribution in [2.45, 2.75) is 10.9 Å². The smallest absolute Gasteiger partial charge is 0.312 e. The third-order valence-electron chi connectivity index (χ3n) is 2.42. The summed E-state index contributed by atoms with van der Waals surface area (Å²) in [6, 6.07) is 2.04. The maximum atomic E-state index is 11.9. The summed E-state index contributed by atoms with van der Waals surface area (Å²) in [5.41, 5.74) is -0.500. The second-order valence-corrected chi connectivity index (χ2v) is 5.49. The molecule has 10 heteroatoms. The summed E-state index contributed by atoms with van der Waals surface area (Å²) >= 11 is 0. The molecular weight excluding hydrogens is 292 g/mol. The topological polar surface area (TPSA) is 139 Å². The zero-order valence-electron chi connectivity index (χ0n) is 10.5. The third kappa shape index (κ3) is 3.63. The SMILES string of the molecule is COc1ccc(S(=O)(=O)NC(CO)CO)cc1[N+](=O)[O-]. The van der Waals surface area contributed by atoms with E-state index in [1.165, 1.54) is 7.11 Å². The van der Waals surface area contributed by atoms with E-state index in [-0.39, 0.29) is 10.6 Å². The van der Waals surface area contributed by atoms with Crippen molar-refractivity contribution in [2.75, 3.05) is 20.3 Å². The number of nitro groups is 1. The number of sulfonamides is 1. The van der Waals surface area contributed by atoms with Crippen molar-refractivity contribution in [3.8, 4) is 5.75 Å². The monoisotopic (exact) mass is 306 g/mol. The van der Waals surface area contributed by atoms with Crippen LogP contribution in [0, 0.1) is 10.1 Å². The molecule has 0 saturated heterocycles. The van der Waals surface area contributed by atoms with Crippen LogP contribution in [0.4, 0.5) is 5.69 Å². The zero-order valence-corrected chi connectivity index (χ0v) is 11.3. The molecule has 0 fully saturated rings. The van der Waals surface area contributed by atoms with Crippen LogP contribution in [0.3, 0.4) is 0 Å². The van der Waals surface area contributed by atoms with Gasteiger partial charge in [-0.05, 0) is 12.1 Å². The maximum absolute atomic E-state index is 11.9. The Balaban J connectivity index is 3.19. The van der Waals surface area contributed by atoms with Crippen LogP contribution in [0.25, 0.3) is 0 Å². The minimum absolute atomic E-state index is 0.0742. The summed E-state index contributed by atoms with van der Waals surface area (Å²) in [5.74, 6) is -0.0742. The lowest BCUT2D eigenvalue weighted by Crippen LogP contribution is -2.40. The van der Waals surface area contributed by atoms with E-state index in [2.05, 4.69) is 0 Å². The summed E-state index contributed by atoms with van der Waals surface area (Å²) < 4.78 is 30.7. The average molecular weight is 306 g/mol. The predicted octanol–water partition coefficient (Wildman–Crippen LogP) is -0.765. The van der Waals surface area contributed by atoms with Crippen LogP contribution in [-0.4, -0.2) is 49.9 Å². The Morgan fingerprint density at radius 2 is 2.00 bits per heavy atom. The Morgan fingerprint density at radius 3 is 2.45 bits per heavy atom. The first-order chi connectivity index (χ1) is 9.35. The third-order valence-corrected chi connectivity index (χ3v) is 3.94. The fourth-order valence-corrected chi connectivity index (χ4v) is 2.64. The number of nitro benzene ring substituents is 1. The summed E-state index contributed by atoms with van der Waals surface area (Å²) in [6.45, 7) is -1.21. The van der Waals surface area contributed by atoms with E-state index in [9.17, 15) is 18.5 Å². The van der Waals surface area contributed by atoms with Crippen LogP contribution in [-0.2, 0) is 10.0 Å². The highest BCUT2D eigenvalue weighted by molar-refractivity contribution is 7.89. The van der Waals surface area contributed by atoms with Crippen LogP contribution in [0.2, 0.25) is 0 Å². The molecule has 20 heavy (non-hydrogen) atoms. The number of methoxy groups -OCH3 is 1. The van der Waals surface area contributed by atoms with E-state index in [1.807, 2.05) is 4.72 Å². The summed E-state index contributed by atoms with van der Waals surface area (Å²) in [5, 5.41) is 28.5. The first-order valence-electron chi connectivity index (χ1n) is 5.42. The van der Waals surface area contributed by atoms with Gasteiger partial charge in [-0.25, -0.2) is 13.1 Å². The van der Waals surface area contributed by atoms with Crippen LogP contribution in [0.1, 0.15) is 0 Å². The largest absolute Gasteiger partial charge is 0.490 e. The average Bonchev–Trinajstić information content (AvgIpc) is 2.43. The molecule has 0 aliphatic carbocycles. The second kappa shape index (κ2) is 6.61. The molecule has 0 unspecified atom stereocenters. The van der Waals surface area contributed by atoms with Gasteiger partial charge in [-0.2, -0.15) is 0 Å². The van der Waals surface area contributed by atoms with Crippen molar-refractivity contribution in [1.29, 1.82) is 0 Å². The quantitative estimate of drug-likeness (QED) is 0.444. The Bertz CT molecular complexity index is 583. The summed E-state index contributed by atoms with van der Waals surface area (Å²) in [6.07, 6.45) is 0. The normalized spacial score (nSPS) is 11.6. The molecule has 112 valence electrons. The molecule has 1 rings (SSSR count). The highest BCUT2D eigenvalue weighted by Crippen LogP contribution is 2.29. The summed E-state index contributed by atoms with van der Waals surface area (Å²) in [7, 11) is -2.87. The van der Waals surface area contributed by atoms with Gasteiger partial charge < -0.3 is 14.9 Å². The molecule has 0 atom stereocenters. The first-order valence-corrected chi connectivity index (χ1v) is 6.90. The molecule has 0 spiro atoms. The summed E-state index contributed by atoms with van der Waals surface area (Å²) in [4.78, 5) is 9.69. The first kappa shape index (κ1) is 16.3. The Hall–Kier alpha value is -1.75. The van der Waals surface area contributed by atoms with Crippen molar-refractivity contribution in [3.05, 3.63) is 28.3 Å². The second-order valence-electron chi connectivity index (χ2n) is 3.77. The van der Waals surface area contributed by atoms with E-state index < -0.39 is 39.9 Å². The molecule has 3 N–H and O–H groups in total. The predicted molar refractivity (Wildman–Crippen MR) is 67.9 cm³/mol. The van der Waals surface area contributed by atoms with Gasteiger partial charge in [0.1, 0.15) is 0 Å². The van der Waals surface area contributed by atoms with Gasteiger partial charge in [0, 0.05) is 6.07 Å². The molecule has 0 amide bonds. The highest BCUT2D eigenvalue weighted by atomic mass is 32.2. The van der Waals surface area contributed by atoms with Crippen LogP contribution >= 0.6 is 0 Å². The zero-order chi connectivity index (χ0) is 15.3. The molecule has 0 saturated carbocycles. The van der Waals surface area contributed by atoms with Gasteiger partial charge in [0.25, 0.3) is 0 Å². The number of nitrogens with zero attached hydrogens (tertiary/aromatic N) is 1. The maximum Gasteiger partial charge on any atom is 0.312 e. The fraction of sp³-hybridized carbons (Fsp3) is 0.400. The number of benzene rings is 1. The molecule has 0 aromatic heterocycles. The number of rotatable bonds is 7. The van der Waals surface area contributed by atoms with Gasteiger partial charge >= 0.3 is 5.69 Å². The molecule has 0 radical (unpaired) electrons. The van der Waals surface area contributed by atoms with Gasteiger partial charge in [0.2, 0.25) is 10.0 Å². The minimum Gasteiger partial charge on any atom is -0.490 e. The number of nitrogens with one attached hydrogen (secondary N) is 1. The molecular formula is C10H14N2O7S. The van der Waals surface area contributed by atoms with Crippen molar-refractivity contribution in [3.63, 3.8) is 0 Å². The molecule has 0 heterocycles. The van der Waals surface area contributed by atoms with Gasteiger partial charge in [0.15, 0.2) is 5.75 Å². The van der Waals surface area contributed by atoms with Crippen LogP contribution < -0.4 is 9.46 Å². The molecule has 0 aliphatic heterocycles. The fourth-order valence-electron chi connectivity index (χ4n) is 1.40. The van der Waals surface area contributed by atoms with Gasteiger partial charge in [0.05, 0.1) is 36.2 Å². The van der Waals surface area contributed by atoms with Gasteiger partial charge in [-0.3, -0.25) is 10.1 Å². The molecule has 9 nitrogen and oxygen atoms in total. The standard InChI is InChI=1S/C10H14N2O7S/c1-19-10-3-2-8(4-9(10)12(15)16)20(17,18)11-7(5-13)6-14/h2-4,7,11,13-14H,5-6H2,1H3. The highest BCUT2D eigenvalue weighted by Gasteiger charge is 2.24. The van der Waals surface area contributed by atoms with Crippen molar-refractivity contribution in [2.24, 2.45) is 0 Å². The molecule has 0 bridgehead atoms. The van der Waals surface area contributed by atoms with Crippen molar-refractivity contribution >= 4 is 15.7 Å². The van der Waals surface area contributed by atoms with E-state index in [4.69, 9.17) is 14.9 Å². The number of hydrogen-bond donors (Lipinski definition) is 3. The molecule has 1 aromatic carbocycles. The Labute approximate surface area is 115 Å². The van der Waals surface area contributed by atoms with Crippen molar-refractivity contribution in [1.82, 2.24) is 4.72 Å². The van der Waals surface area contributed by atoms with E-state index in [1.54, 1.807) is 0 Å². The van der Waals surface area contributed by atoms with Crippen molar-refractivity contribution < 1.29 is 28.3 Å². The lowest BCUT2D eigenvalue weighted by atomic mass is 10.3. The number of ether oxygens (including phenoxy) is 1. The Morgan fingerprint density at radius 1 is 1.40 bits per heavy atom. The van der Waals surface area contributed by atoms with E-state index in [0.29, 0.717) is 0 Å². The number of aliphatic hydroxyl groups excluding tert-OH is 2.